The minimum absolute atomic E-state index is 0.123. The Hall–Kier alpha value is -1.16. The van der Waals surface area contributed by atoms with Crippen molar-refractivity contribution in [3.63, 3.8) is 0 Å². The number of likely N-dealkylation sites (N-methyl/N-ethyl adjacent to an activating group) is 1. The van der Waals surface area contributed by atoms with E-state index in [-0.39, 0.29) is 17.7 Å². The van der Waals surface area contributed by atoms with E-state index in [4.69, 9.17) is 0 Å². The van der Waals surface area contributed by atoms with Crippen LogP contribution in [0.1, 0.15) is 26.2 Å². The molecule has 0 aromatic heterocycles. The number of nitrogens with zero attached hydrogens (tertiary/aromatic N) is 1. The molecule has 2 aliphatic carbocycles. The van der Waals surface area contributed by atoms with Gasteiger partial charge in [-0.15, -0.1) is 0 Å². The predicted octanol–water partition coefficient (Wildman–Crippen LogP) is 0.216. The highest BCUT2D eigenvalue weighted by molar-refractivity contribution is 6.21. The second-order valence-corrected chi connectivity index (χ2v) is 4.61. The molecule has 1 heterocycles. The highest BCUT2D eigenvalue weighted by Crippen LogP contribution is 2.54. The van der Waals surface area contributed by atoms with Crippen LogP contribution in [0, 0.1) is 5.92 Å². The summed E-state index contributed by atoms with van der Waals surface area (Å²) in [4.78, 5) is 25.1. The van der Waals surface area contributed by atoms with Crippen molar-refractivity contribution in [3.8, 4) is 0 Å². The summed E-state index contributed by atoms with van der Waals surface area (Å²) in [5.74, 6) is -0.307. The maximum atomic E-state index is 11.9. The van der Waals surface area contributed by atoms with Crippen molar-refractivity contribution in [2.75, 3.05) is 6.54 Å². The van der Waals surface area contributed by atoms with Crippen LogP contribution in [-0.4, -0.2) is 34.0 Å². The quantitative estimate of drug-likeness (QED) is 0.626. The average Bonchev–Trinajstić information content (AvgIpc) is 2.77. The molecular formula is C11H13NO3. The molecule has 2 atom stereocenters. The molecule has 1 fully saturated rings. The van der Waals surface area contributed by atoms with Crippen LogP contribution >= 0.6 is 0 Å². The molecule has 0 saturated heterocycles. The van der Waals surface area contributed by atoms with Crippen LogP contribution in [0.5, 0.6) is 0 Å². The maximum Gasteiger partial charge on any atom is 0.260 e. The monoisotopic (exact) mass is 207 g/mol. The van der Waals surface area contributed by atoms with Gasteiger partial charge in [-0.2, -0.15) is 0 Å². The summed E-state index contributed by atoms with van der Waals surface area (Å²) in [6.07, 6.45) is 2.05. The lowest BCUT2D eigenvalue weighted by Gasteiger charge is -2.22. The first-order valence-corrected chi connectivity index (χ1v) is 5.41. The second-order valence-electron chi connectivity index (χ2n) is 4.61. The van der Waals surface area contributed by atoms with Crippen LogP contribution in [0.25, 0.3) is 0 Å². The first-order chi connectivity index (χ1) is 7.08. The molecule has 1 aliphatic heterocycles. The molecule has 0 aromatic rings. The van der Waals surface area contributed by atoms with Gasteiger partial charge >= 0.3 is 0 Å². The van der Waals surface area contributed by atoms with Crippen molar-refractivity contribution in [1.82, 2.24) is 4.90 Å². The van der Waals surface area contributed by atoms with Gasteiger partial charge in [0.15, 0.2) is 0 Å². The van der Waals surface area contributed by atoms with Gasteiger partial charge in [0.25, 0.3) is 11.8 Å². The van der Waals surface area contributed by atoms with Crippen molar-refractivity contribution in [2.24, 2.45) is 5.92 Å². The molecule has 2 bridgehead atoms. The third kappa shape index (κ3) is 0.862. The maximum absolute atomic E-state index is 11.9. The van der Waals surface area contributed by atoms with Crippen molar-refractivity contribution >= 4 is 11.8 Å². The minimum Gasteiger partial charge on any atom is -0.385 e. The SMILES string of the molecule is CCN1C(=O)C2=C(C1=O)C1(O)CCC2C1. The molecule has 2 unspecified atom stereocenters. The molecule has 1 N–H and O–H groups in total. The largest absolute Gasteiger partial charge is 0.385 e. The minimum atomic E-state index is -0.989. The molecule has 0 spiro atoms. The lowest BCUT2D eigenvalue weighted by atomic mass is 9.90. The summed E-state index contributed by atoms with van der Waals surface area (Å²) in [7, 11) is 0. The third-order valence-electron chi connectivity index (χ3n) is 3.88. The summed E-state index contributed by atoms with van der Waals surface area (Å²) in [6.45, 7) is 2.18. The Labute approximate surface area is 87.6 Å². The van der Waals surface area contributed by atoms with Crippen molar-refractivity contribution in [3.05, 3.63) is 11.1 Å². The number of aliphatic hydroxyl groups is 1. The molecule has 3 aliphatic rings. The Balaban J connectivity index is 2.13. The predicted molar refractivity (Wildman–Crippen MR) is 51.7 cm³/mol. The van der Waals surface area contributed by atoms with Crippen LogP contribution in [0.3, 0.4) is 0 Å². The molecule has 0 aromatic carbocycles. The Morgan fingerprint density at radius 1 is 1.47 bits per heavy atom. The number of imide groups is 1. The van der Waals surface area contributed by atoms with Gasteiger partial charge in [-0.3, -0.25) is 14.5 Å². The highest BCUT2D eigenvalue weighted by atomic mass is 16.3. The van der Waals surface area contributed by atoms with E-state index in [1.807, 2.05) is 0 Å². The van der Waals surface area contributed by atoms with E-state index in [0.717, 1.165) is 6.42 Å². The number of hydrogen-bond donors (Lipinski definition) is 1. The number of hydrogen-bond acceptors (Lipinski definition) is 3. The van der Waals surface area contributed by atoms with Crippen molar-refractivity contribution in [1.29, 1.82) is 0 Å². The Kier molecular flexibility index (Phi) is 1.51. The fourth-order valence-corrected chi connectivity index (χ4v) is 3.21. The number of carbonyl (C=O) groups excluding carboxylic acids is 2. The van der Waals surface area contributed by atoms with Crippen molar-refractivity contribution in [2.45, 2.75) is 31.8 Å². The van der Waals surface area contributed by atoms with Crippen molar-refractivity contribution < 1.29 is 14.7 Å². The highest BCUT2D eigenvalue weighted by Gasteiger charge is 2.59. The standard InChI is InChI=1S/C11H13NO3/c1-2-12-9(13)7-6-3-4-11(15,5-6)8(7)10(12)14/h6,15H,2-5H2,1H3. The number of fused-ring (bicyclic) bond motifs is 4. The van der Waals surface area contributed by atoms with Gasteiger partial charge in [0, 0.05) is 12.1 Å². The average molecular weight is 207 g/mol. The summed E-state index contributed by atoms with van der Waals surface area (Å²) in [6, 6.07) is 0. The third-order valence-corrected chi connectivity index (χ3v) is 3.88. The van der Waals surface area contributed by atoms with Crippen LogP contribution < -0.4 is 0 Å². The molecule has 0 radical (unpaired) electrons. The van der Waals surface area contributed by atoms with E-state index in [2.05, 4.69) is 0 Å². The zero-order chi connectivity index (χ0) is 10.8. The number of rotatable bonds is 1. The van der Waals surface area contributed by atoms with Gasteiger partial charge in [0.2, 0.25) is 0 Å². The summed E-state index contributed by atoms with van der Waals surface area (Å²) >= 11 is 0. The van der Waals surface area contributed by atoms with E-state index >= 15 is 0 Å². The summed E-state index contributed by atoms with van der Waals surface area (Å²) < 4.78 is 0. The Bertz CT molecular complexity index is 412. The van der Waals surface area contributed by atoms with E-state index in [9.17, 15) is 14.7 Å². The van der Waals surface area contributed by atoms with Crippen LogP contribution in [0.15, 0.2) is 11.1 Å². The normalized spacial score (nSPS) is 38.3. The topological polar surface area (TPSA) is 57.6 Å². The lowest BCUT2D eigenvalue weighted by Crippen LogP contribution is -2.37. The first kappa shape index (κ1) is 9.09. The van der Waals surface area contributed by atoms with Gasteiger partial charge in [-0.05, 0) is 32.1 Å². The smallest absolute Gasteiger partial charge is 0.260 e. The van der Waals surface area contributed by atoms with E-state index in [1.165, 1.54) is 4.90 Å². The van der Waals surface area contributed by atoms with Gasteiger partial charge in [-0.1, -0.05) is 0 Å². The molecule has 80 valence electrons. The lowest BCUT2D eigenvalue weighted by molar-refractivity contribution is -0.138. The van der Waals surface area contributed by atoms with Gasteiger partial charge in [0.05, 0.1) is 11.2 Å². The molecule has 1 saturated carbocycles. The second kappa shape index (κ2) is 2.50. The first-order valence-electron chi connectivity index (χ1n) is 5.41. The Morgan fingerprint density at radius 3 is 2.80 bits per heavy atom. The number of carbonyl (C=O) groups is 2. The fraction of sp³-hybridized carbons (Fsp3) is 0.636. The zero-order valence-corrected chi connectivity index (χ0v) is 8.62. The fourth-order valence-electron chi connectivity index (χ4n) is 3.21. The van der Waals surface area contributed by atoms with Crippen LogP contribution in [-0.2, 0) is 9.59 Å². The molecule has 15 heavy (non-hydrogen) atoms. The van der Waals surface area contributed by atoms with Crippen LogP contribution in [0.4, 0.5) is 0 Å². The number of amides is 2. The molecule has 4 heteroatoms. The Morgan fingerprint density at radius 2 is 2.20 bits per heavy atom. The zero-order valence-electron chi connectivity index (χ0n) is 8.62. The summed E-state index contributed by atoms with van der Waals surface area (Å²) in [5.41, 5.74) is 0.0256. The molecule has 3 rings (SSSR count). The molecular weight excluding hydrogens is 194 g/mol. The van der Waals surface area contributed by atoms with Crippen LogP contribution in [0.2, 0.25) is 0 Å². The van der Waals surface area contributed by atoms with Gasteiger partial charge < -0.3 is 5.11 Å². The van der Waals surface area contributed by atoms with Gasteiger partial charge in [-0.25, -0.2) is 0 Å². The molecule has 4 nitrogen and oxygen atoms in total. The van der Waals surface area contributed by atoms with E-state index in [1.54, 1.807) is 6.92 Å². The summed E-state index contributed by atoms with van der Waals surface area (Å²) in [5, 5.41) is 10.3. The van der Waals surface area contributed by atoms with E-state index in [0.29, 0.717) is 30.5 Å². The van der Waals surface area contributed by atoms with E-state index < -0.39 is 5.60 Å². The molecule has 2 amide bonds. The van der Waals surface area contributed by atoms with Gasteiger partial charge in [0.1, 0.15) is 0 Å². The number of likely N-dealkylation sites (tertiary alicyclic amines) is 1.